The minimum atomic E-state index is -2.78. The van der Waals surface area contributed by atoms with Crippen LogP contribution in [0.5, 0.6) is 0 Å². The Hall–Kier alpha value is -0.680. The van der Waals surface area contributed by atoms with E-state index < -0.39 is 9.84 Å². The van der Waals surface area contributed by atoms with Crippen molar-refractivity contribution < 1.29 is 8.42 Å². The molecule has 1 saturated heterocycles. The van der Waals surface area contributed by atoms with Crippen LogP contribution in [-0.2, 0) is 9.84 Å². The predicted molar refractivity (Wildman–Crippen MR) is 89.9 cm³/mol. The molecule has 0 spiro atoms. The smallest absolute Gasteiger partial charge is 0.150 e. The molecule has 1 N–H and O–H groups in total. The maximum atomic E-state index is 11.5. The summed E-state index contributed by atoms with van der Waals surface area (Å²) < 4.78 is 23.0. The summed E-state index contributed by atoms with van der Waals surface area (Å²) in [5, 5.41) is 4.33. The molecule has 1 heterocycles. The fourth-order valence-corrected chi connectivity index (χ4v) is 5.96. The summed E-state index contributed by atoms with van der Waals surface area (Å²) in [6.07, 6.45) is 6.80. The molecule has 0 aromatic heterocycles. The molecular formula is C16H23NO2S2. The Balaban J connectivity index is 1.65. The third-order valence-electron chi connectivity index (χ3n) is 4.40. The van der Waals surface area contributed by atoms with Crippen molar-refractivity contribution in [2.45, 2.75) is 54.7 Å². The normalized spacial score (nSPS) is 23.2. The quantitative estimate of drug-likeness (QED) is 0.916. The number of nitrogens with one attached hydrogen (secondary N) is 1. The van der Waals surface area contributed by atoms with Crippen LogP contribution in [0.25, 0.3) is 0 Å². The molecule has 3 nitrogen and oxygen atoms in total. The van der Waals surface area contributed by atoms with Gasteiger partial charge in [0.05, 0.1) is 11.5 Å². The van der Waals surface area contributed by atoms with Crippen LogP contribution in [0.2, 0.25) is 0 Å². The van der Waals surface area contributed by atoms with Gasteiger partial charge in [0.1, 0.15) is 9.84 Å². The van der Waals surface area contributed by atoms with Crippen LogP contribution in [0.4, 0.5) is 5.69 Å². The first kappa shape index (κ1) is 15.2. The fraction of sp³-hybridized carbons (Fsp3) is 0.625. The van der Waals surface area contributed by atoms with Gasteiger partial charge in [0.25, 0.3) is 0 Å². The first-order valence-corrected chi connectivity index (χ1v) is 10.6. The Morgan fingerprint density at radius 2 is 1.67 bits per heavy atom. The topological polar surface area (TPSA) is 46.2 Å². The maximum Gasteiger partial charge on any atom is 0.150 e. The van der Waals surface area contributed by atoms with Crippen LogP contribution in [0.3, 0.4) is 0 Å². The van der Waals surface area contributed by atoms with E-state index in [1.807, 2.05) is 11.8 Å². The van der Waals surface area contributed by atoms with Gasteiger partial charge < -0.3 is 5.32 Å². The number of sulfone groups is 1. The first-order chi connectivity index (χ1) is 10.1. The molecule has 116 valence electrons. The lowest BCUT2D eigenvalue weighted by atomic mass is 10.1. The molecular weight excluding hydrogens is 302 g/mol. The monoisotopic (exact) mass is 325 g/mol. The van der Waals surface area contributed by atoms with E-state index in [1.165, 1.54) is 36.3 Å². The summed E-state index contributed by atoms with van der Waals surface area (Å²) in [6, 6.07) is 8.75. The first-order valence-electron chi connectivity index (χ1n) is 7.85. The second-order valence-electron chi connectivity index (χ2n) is 6.09. The summed E-state index contributed by atoms with van der Waals surface area (Å²) in [7, 11) is -2.78. The Labute approximate surface area is 131 Å². The van der Waals surface area contributed by atoms with Gasteiger partial charge >= 0.3 is 0 Å². The van der Waals surface area contributed by atoms with Crippen LogP contribution in [0, 0.1) is 0 Å². The Morgan fingerprint density at radius 1 is 1.00 bits per heavy atom. The molecule has 1 aromatic carbocycles. The fourth-order valence-electron chi connectivity index (χ4n) is 3.13. The summed E-state index contributed by atoms with van der Waals surface area (Å²) in [5.74, 6) is 0.644. The van der Waals surface area contributed by atoms with E-state index >= 15 is 0 Å². The standard InChI is InChI=1S/C16H23NO2S2/c18-21(19)11-9-13(10-12-21)17-15-7-3-4-8-16(15)20-14-5-1-2-6-14/h3-4,7-8,13-14,17H,1-2,5-6,9-12H2. The van der Waals surface area contributed by atoms with Crippen molar-refractivity contribution in [1.29, 1.82) is 0 Å². The summed E-state index contributed by atoms with van der Waals surface area (Å²) in [5.41, 5.74) is 1.18. The Bertz CT molecular complexity index is 566. The number of hydrogen-bond donors (Lipinski definition) is 1. The van der Waals surface area contributed by atoms with Crippen molar-refractivity contribution in [1.82, 2.24) is 0 Å². The zero-order valence-electron chi connectivity index (χ0n) is 12.3. The summed E-state index contributed by atoms with van der Waals surface area (Å²) >= 11 is 1.99. The van der Waals surface area contributed by atoms with E-state index in [2.05, 4.69) is 29.6 Å². The average molecular weight is 325 g/mol. The third kappa shape index (κ3) is 4.16. The minimum absolute atomic E-state index is 0.291. The van der Waals surface area contributed by atoms with Gasteiger partial charge in [-0.3, -0.25) is 0 Å². The molecule has 2 aliphatic rings. The van der Waals surface area contributed by atoms with Gasteiger partial charge in [-0.2, -0.15) is 0 Å². The van der Waals surface area contributed by atoms with Crippen molar-refractivity contribution >= 4 is 27.3 Å². The molecule has 1 aliphatic heterocycles. The zero-order valence-corrected chi connectivity index (χ0v) is 13.9. The van der Waals surface area contributed by atoms with Gasteiger partial charge in [-0.25, -0.2) is 8.42 Å². The second kappa shape index (κ2) is 6.61. The number of anilines is 1. The zero-order chi connectivity index (χ0) is 14.7. The van der Waals surface area contributed by atoms with E-state index in [1.54, 1.807) is 0 Å². The molecule has 21 heavy (non-hydrogen) atoms. The van der Waals surface area contributed by atoms with Crippen molar-refractivity contribution in [3.8, 4) is 0 Å². The van der Waals surface area contributed by atoms with E-state index in [4.69, 9.17) is 0 Å². The van der Waals surface area contributed by atoms with Crippen LogP contribution in [0.15, 0.2) is 29.2 Å². The molecule has 1 aliphatic carbocycles. The number of hydrogen-bond acceptors (Lipinski definition) is 4. The molecule has 0 bridgehead atoms. The van der Waals surface area contributed by atoms with Crippen LogP contribution < -0.4 is 5.32 Å². The van der Waals surface area contributed by atoms with Gasteiger partial charge in [0.2, 0.25) is 0 Å². The van der Waals surface area contributed by atoms with Crippen LogP contribution in [0.1, 0.15) is 38.5 Å². The van der Waals surface area contributed by atoms with Gasteiger partial charge in [0.15, 0.2) is 0 Å². The lowest BCUT2D eigenvalue weighted by Gasteiger charge is -2.25. The molecule has 0 radical (unpaired) electrons. The molecule has 1 aromatic rings. The molecule has 1 saturated carbocycles. The van der Waals surface area contributed by atoms with Crippen molar-refractivity contribution in [2.75, 3.05) is 16.8 Å². The maximum absolute atomic E-state index is 11.5. The molecule has 3 rings (SSSR count). The molecule has 0 unspecified atom stereocenters. The van der Waals surface area contributed by atoms with E-state index in [-0.39, 0.29) is 0 Å². The van der Waals surface area contributed by atoms with Crippen LogP contribution >= 0.6 is 11.8 Å². The van der Waals surface area contributed by atoms with Gasteiger partial charge in [-0.1, -0.05) is 25.0 Å². The van der Waals surface area contributed by atoms with E-state index in [0.29, 0.717) is 17.5 Å². The number of thioether (sulfide) groups is 1. The largest absolute Gasteiger partial charge is 0.381 e. The van der Waals surface area contributed by atoms with Crippen molar-refractivity contribution in [3.63, 3.8) is 0 Å². The number of para-hydroxylation sites is 1. The Kier molecular flexibility index (Phi) is 4.79. The highest BCUT2D eigenvalue weighted by Crippen LogP contribution is 2.38. The lowest BCUT2D eigenvalue weighted by molar-refractivity contribution is 0.559. The van der Waals surface area contributed by atoms with Crippen molar-refractivity contribution in [2.24, 2.45) is 0 Å². The highest BCUT2D eigenvalue weighted by Gasteiger charge is 2.24. The lowest BCUT2D eigenvalue weighted by Crippen LogP contribution is -2.32. The third-order valence-corrected chi connectivity index (χ3v) is 7.53. The SMILES string of the molecule is O=S1(=O)CCC(Nc2ccccc2SC2CCCC2)CC1. The second-order valence-corrected chi connectivity index (χ2v) is 9.74. The number of rotatable bonds is 4. The van der Waals surface area contributed by atoms with E-state index in [0.717, 1.165) is 18.1 Å². The summed E-state index contributed by atoms with van der Waals surface area (Å²) in [4.78, 5) is 1.32. The van der Waals surface area contributed by atoms with Gasteiger partial charge in [0, 0.05) is 21.9 Å². The Morgan fingerprint density at radius 3 is 2.38 bits per heavy atom. The van der Waals surface area contributed by atoms with E-state index in [9.17, 15) is 8.42 Å². The molecule has 0 atom stereocenters. The molecule has 5 heteroatoms. The predicted octanol–water partition coefficient (Wildman–Crippen LogP) is 3.71. The van der Waals surface area contributed by atoms with Gasteiger partial charge in [-0.15, -0.1) is 11.8 Å². The number of benzene rings is 1. The highest BCUT2D eigenvalue weighted by molar-refractivity contribution is 8.00. The highest BCUT2D eigenvalue weighted by atomic mass is 32.2. The van der Waals surface area contributed by atoms with Crippen LogP contribution in [-0.4, -0.2) is 31.2 Å². The van der Waals surface area contributed by atoms with Crippen molar-refractivity contribution in [3.05, 3.63) is 24.3 Å². The molecule has 0 amide bonds. The average Bonchev–Trinajstić information content (AvgIpc) is 2.96. The van der Waals surface area contributed by atoms with Gasteiger partial charge in [-0.05, 0) is 37.8 Å². The summed E-state index contributed by atoms with van der Waals surface area (Å²) in [6.45, 7) is 0. The molecule has 2 fully saturated rings. The minimum Gasteiger partial charge on any atom is -0.381 e.